The summed E-state index contributed by atoms with van der Waals surface area (Å²) in [6.07, 6.45) is 5.36. The fourth-order valence-corrected chi connectivity index (χ4v) is 5.01. The summed E-state index contributed by atoms with van der Waals surface area (Å²) in [5.41, 5.74) is 4.51. The number of pyridine rings is 1. The quantitative estimate of drug-likeness (QED) is 0.417. The molecule has 0 aliphatic carbocycles. The van der Waals surface area contributed by atoms with E-state index in [1.165, 1.54) is 4.80 Å². The van der Waals surface area contributed by atoms with E-state index in [-0.39, 0.29) is 18.4 Å². The molecule has 0 spiro atoms. The van der Waals surface area contributed by atoms with Crippen LogP contribution >= 0.6 is 0 Å². The zero-order valence-electron chi connectivity index (χ0n) is 21.7. The third kappa shape index (κ3) is 6.23. The number of rotatable bonds is 4. The van der Waals surface area contributed by atoms with E-state index < -0.39 is 0 Å². The first-order chi connectivity index (χ1) is 18.6. The monoisotopic (exact) mass is 511 g/mol. The first kappa shape index (κ1) is 25.5. The number of amides is 2. The van der Waals surface area contributed by atoms with Gasteiger partial charge < -0.3 is 9.80 Å². The van der Waals surface area contributed by atoms with Crippen LogP contribution in [0.1, 0.15) is 30.9 Å². The van der Waals surface area contributed by atoms with E-state index in [1.807, 2.05) is 70.6 Å². The highest BCUT2D eigenvalue weighted by molar-refractivity contribution is 5.92. The maximum absolute atomic E-state index is 13.6. The second-order valence-corrected chi connectivity index (χ2v) is 9.68. The zero-order valence-corrected chi connectivity index (χ0v) is 21.7. The van der Waals surface area contributed by atoms with Gasteiger partial charge in [0.15, 0.2) is 0 Å². The van der Waals surface area contributed by atoms with E-state index in [9.17, 15) is 9.59 Å². The summed E-state index contributed by atoms with van der Waals surface area (Å²) >= 11 is 0. The number of benzene rings is 2. The van der Waals surface area contributed by atoms with Crippen LogP contribution in [0.2, 0.25) is 0 Å². The molecule has 196 valence electrons. The molecular weight excluding hydrogens is 478 g/mol. The fraction of sp³-hybridized carbons (Fsp3) is 0.345. The number of hydrogen-bond donors (Lipinski definition) is 0. The van der Waals surface area contributed by atoms with Crippen molar-refractivity contribution in [3.8, 4) is 0 Å². The normalized spacial score (nSPS) is 15.5. The molecule has 0 N–H and O–H groups in total. The number of nitrogens with zero attached hydrogens (tertiary/aromatic N) is 7. The van der Waals surface area contributed by atoms with Crippen molar-refractivity contribution < 1.29 is 9.59 Å². The summed E-state index contributed by atoms with van der Waals surface area (Å²) in [4.78, 5) is 38.1. The van der Waals surface area contributed by atoms with Gasteiger partial charge in [0.1, 0.15) is 17.6 Å². The van der Waals surface area contributed by atoms with Crippen LogP contribution in [0.4, 0.5) is 5.69 Å². The van der Waals surface area contributed by atoms with Crippen molar-refractivity contribution >= 4 is 28.5 Å². The lowest BCUT2D eigenvalue weighted by atomic mass is 10.1. The number of aromatic nitrogens is 4. The molecule has 1 aliphatic rings. The van der Waals surface area contributed by atoms with Gasteiger partial charge in [0.05, 0.1) is 0 Å². The van der Waals surface area contributed by atoms with E-state index in [1.54, 1.807) is 13.1 Å². The lowest BCUT2D eigenvalue weighted by Crippen LogP contribution is -2.39. The Labute approximate surface area is 222 Å². The Balaban J connectivity index is 1.40. The largest absolute Gasteiger partial charge is 0.337 e. The van der Waals surface area contributed by atoms with Crippen LogP contribution in [0.25, 0.3) is 11.0 Å². The number of carbonyl (C=O) groups is 2. The number of para-hydroxylation sites is 1. The van der Waals surface area contributed by atoms with Crippen LogP contribution in [0.15, 0.2) is 73.1 Å². The maximum Gasteiger partial charge on any atom is 0.246 e. The number of anilines is 1. The highest BCUT2D eigenvalue weighted by atomic mass is 16.2. The molecule has 0 radical (unpaired) electrons. The van der Waals surface area contributed by atoms with Crippen molar-refractivity contribution in [1.82, 2.24) is 29.8 Å². The number of carbonyl (C=O) groups excluding carboxylic acids is 2. The lowest BCUT2D eigenvalue weighted by molar-refractivity contribution is -0.133. The molecule has 1 aliphatic heterocycles. The molecule has 2 amide bonds. The molecule has 38 heavy (non-hydrogen) atoms. The summed E-state index contributed by atoms with van der Waals surface area (Å²) in [5, 5.41) is 8.96. The SMILES string of the molecule is CC(=O)N1CCCN(Cc2cccnc2)CCCN(C(=O)Cn2nc3ccccc3n2)Cc2ccccc21. The van der Waals surface area contributed by atoms with E-state index in [2.05, 4.69) is 26.1 Å². The van der Waals surface area contributed by atoms with E-state index >= 15 is 0 Å². The molecule has 0 saturated carbocycles. The smallest absolute Gasteiger partial charge is 0.246 e. The van der Waals surface area contributed by atoms with Crippen molar-refractivity contribution in [2.45, 2.75) is 39.4 Å². The molecule has 3 heterocycles. The summed E-state index contributed by atoms with van der Waals surface area (Å²) in [6.45, 7) is 5.76. The van der Waals surface area contributed by atoms with Crippen molar-refractivity contribution in [3.63, 3.8) is 0 Å². The van der Waals surface area contributed by atoms with Crippen LogP contribution in [0.3, 0.4) is 0 Å². The van der Waals surface area contributed by atoms with Crippen LogP contribution in [-0.2, 0) is 29.2 Å². The molecule has 0 atom stereocenters. The number of fused-ring (bicyclic) bond motifs is 2. The Morgan fingerprint density at radius 3 is 2.26 bits per heavy atom. The first-order valence-electron chi connectivity index (χ1n) is 13.1. The average molecular weight is 512 g/mol. The Kier molecular flexibility index (Phi) is 8.04. The molecule has 4 aromatic rings. The molecule has 0 bridgehead atoms. The van der Waals surface area contributed by atoms with Gasteiger partial charge in [0.2, 0.25) is 11.8 Å². The van der Waals surface area contributed by atoms with Gasteiger partial charge in [0, 0.05) is 64.3 Å². The van der Waals surface area contributed by atoms with Crippen molar-refractivity contribution in [2.75, 3.05) is 31.1 Å². The second kappa shape index (κ2) is 12.0. The molecule has 9 heteroatoms. The van der Waals surface area contributed by atoms with Crippen LogP contribution in [0.5, 0.6) is 0 Å². The maximum atomic E-state index is 13.6. The Morgan fingerprint density at radius 2 is 1.55 bits per heavy atom. The average Bonchev–Trinajstić information content (AvgIpc) is 3.32. The van der Waals surface area contributed by atoms with E-state index in [0.29, 0.717) is 19.6 Å². The fourth-order valence-electron chi connectivity index (χ4n) is 5.01. The Bertz CT molecular complexity index is 1350. The third-order valence-electron chi connectivity index (χ3n) is 6.87. The molecule has 5 rings (SSSR count). The standard InChI is InChI=1S/C29H33N7O2/c1-23(37)35-18-8-16-33(20-24-9-6-14-30-19-24)15-7-17-34(21-25-10-2-5-13-28(25)35)29(38)22-36-31-26-11-3-4-12-27(26)32-36/h2-6,9-14,19H,7-8,15-18,20-22H2,1H3. The van der Waals surface area contributed by atoms with Crippen molar-refractivity contribution in [2.24, 2.45) is 0 Å². The van der Waals surface area contributed by atoms with Crippen LogP contribution in [0, 0.1) is 0 Å². The van der Waals surface area contributed by atoms with Gasteiger partial charge in [-0.25, -0.2) is 0 Å². The van der Waals surface area contributed by atoms with Crippen LogP contribution in [-0.4, -0.2) is 67.8 Å². The molecule has 0 unspecified atom stereocenters. The van der Waals surface area contributed by atoms with Gasteiger partial charge in [-0.3, -0.25) is 19.5 Å². The molecule has 0 fully saturated rings. The molecule has 9 nitrogen and oxygen atoms in total. The Hall–Kier alpha value is -4.11. The Morgan fingerprint density at radius 1 is 0.842 bits per heavy atom. The van der Waals surface area contributed by atoms with Gasteiger partial charge in [0.25, 0.3) is 0 Å². The highest BCUT2D eigenvalue weighted by Gasteiger charge is 2.22. The highest BCUT2D eigenvalue weighted by Crippen LogP contribution is 2.24. The molecule has 2 aromatic carbocycles. The topological polar surface area (TPSA) is 87.5 Å². The third-order valence-corrected chi connectivity index (χ3v) is 6.87. The van der Waals surface area contributed by atoms with E-state index in [0.717, 1.165) is 60.3 Å². The molecule has 0 saturated heterocycles. The van der Waals surface area contributed by atoms with Crippen molar-refractivity contribution in [3.05, 3.63) is 84.2 Å². The van der Waals surface area contributed by atoms with Gasteiger partial charge in [-0.1, -0.05) is 36.4 Å². The zero-order chi connectivity index (χ0) is 26.3. The first-order valence-corrected chi connectivity index (χ1v) is 13.1. The minimum atomic E-state index is -0.0506. The van der Waals surface area contributed by atoms with Crippen LogP contribution < -0.4 is 4.90 Å². The molecule has 2 aromatic heterocycles. The summed E-state index contributed by atoms with van der Waals surface area (Å²) < 4.78 is 0. The molecular formula is C29H33N7O2. The van der Waals surface area contributed by atoms with E-state index in [4.69, 9.17) is 0 Å². The minimum absolute atomic E-state index is 0.00127. The van der Waals surface area contributed by atoms with Gasteiger partial charge in [-0.15, -0.1) is 0 Å². The predicted octanol–water partition coefficient (Wildman–Crippen LogP) is 3.50. The summed E-state index contributed by atoms with van der Waals surface area (Å²) in [6, 6.07) is 19.5. The van der Waals surface area contributed by atoms with Gasteiger partial charge >= 0.3 is 0 Å². The van der Waals surface area contributed by atoms with Gasteiger partial charge in [-0.2, -0.15) is 15.0 Å². The second-order valence-electron chi connectivity index (χ2n) is 9.68. The van der Waals surface area contributed by atoms with Gasteiger partial charge in [-0.05, 0) is 48.2 Å². The number of hydrogen-bond acceptors (Lipinski definition) is 6. The summed E-state index contributed by atoms with van der Waals surface area (Å²) in [7, 11) is 0. The predicted molar refractivity (Wildman–Crippen MR) is 146 cm³/mol. The van der Waals surface area contributed by atoms with Crippen molar-refractivity contribution in [1.29, 1.82) is 0 Å². The summed E-state index contributed by atoms with van der Waals surface area (Å²) in [5.74, 6) is -0.0519. The minimum Gasteiger partial charge on any atom is -0.337 e. The lowest BCUT2D eigenvalue weighted by Gasteiger charge is -2.31.